The van der Waals surface area contributed by atoms with Gasteiger partial charge in [-0.2, -0.15) is 0 Å². The van der Waals surface area contributed by atoms with E-state index in [1.807, 2.05) is 18.0 Å². The molecule has 1 atom stereocenters. The maximum absolute atomic E-state index is 12.3. The summed E-state index contributed by atoms with van der Waals surface area (Å²) in [6, 6.07) is 3.65. The van der Waals surface area contributed by atoms with E-state index in [2.05, 4.69) is 4.98 Å². The molecule has 2 saturated heterocycles. The van der Waals surface area contributed by atoms with Gasteiger partial charge in [-0.1, -0.05) is 0 Å². The van der Waals surface area contributed by atoms with Gasteiger partial charge in [0.25, 0.3) is 0 Å². The first-order valence-electron chi connectivity index (χ1n) is 7.19. The fourth-order valence-electron chi connectivity index (χ4n) is 3.25. The molecular weight excluding hydrogens is 304 g/mol. The number of sulfonamides is 1. The molecule has 1 amide bonds. The van der Waals surface area contributed by atoms with Gasteiger partial charge in [-0.15, -0.1) is 0 Å². The van der Waals surface area contributed by atoms with Gasteiger partial charge in [-0.3, -0.25) is 14.7 Å². The predicted octanol–water partition coefficient (Wildman–Crippen LogP) is -0.236. The van der Waals surface area contributed by atoms with Crippen molar-refractivity contribution in [1.29, 1.82) is 0 Å². The summed E-state index contributed by atoms with van der Waals surface area (Å²) >= 11 is 0. The summed E-state index contributed by atoms with van der Waals surface area (Å²) in [5.41, 5.74) is 0.435. The van der Waals surface area contributed by atoms with Crippen molar-refractivity contribution in [2.45, 2.75) is 12.0 Å². The van der Waals surface area contributed by atoms with Crippen LogP contribution in [0.2, 0.25) is 0 Å². The summed E-state index contributed by atoms with van der Waals surface area (Å²) < 4.78 is 25.1. The van der Waals surface area contributed by atoms with Crippen LogP contribution in [0.25, 0.3) is 0 Å². The van der Waals surface area contributed by atoms with E-state index in [9.17, 15) is 13.2 Å². The van der Waals surface area contributed by atoms with Crippen LogP contribution < -0.4 is 4.90 Å². The van der Waals surface area contributed by atoms with Crippen molar-refractivity contribution in [1.82, 2.24) is 14.2 Å². The minimum absolute atomic E-state index is 0.0129. The molecule has 0 unspecified atom stereocenters. The van der Waals surface area contributed by atoms with Gasteiger partial charge in [-0.05, 0) is 25.6 Å². The third-order valence-corrected chi connectivity index (χ3v) is 5.91. The molecular formula is C14H20N4O3S. The molecule has 2 aliphatic heterocycles. The Kier molecular flexibility index (Phi) is 3.70. The Morgan fingerprint density at radius 3 is 2.68 bits per heavy atom. The summed E-state index contributed by atoms with van der Waals surface area (Å²) in [4.78, 5) is 20.1. The largest absolute Gasteiger partial charge is 0.308 e. The average molecular weight is 324 g/mol. The summed E-state index contributed by atoms with van der Waals surface area (Å²) in [5, 5.41) is 0. The molecule has 2 aliphatic rings. The molecule has 8 heteroatoms. The van der Waals surface area contributed by atoms with Crippen LogP contribution in [-0.4, -0.2) is 73.5 Å². The van der Waals surface area contributed by atoms with E-state index in [1.165, 1.54) is 10.6 Å². The topological polar surface area (TPSA) is 73.8 Å². The smallest absolute Gasteiger partial charge is 0.241 e. The molecule has 22 heavy (non-hydrogen) atoms. The molecule has 0 saturated carbocycles. The number of aromatic nitrogens is 1. The van der Waals surface area contributed by atoms with Crippen molar-refractivity contribution in [2.75, 3.05) is 44.4 Å². The Morgan fingerprint density at radius 2 is 2.09 bits per heavy atom. The molecule has 0 aliphatic carbocycles. The molecule has 0 aromatic carbocycles. The number of pyridine rings is 1. The fourth-order valence-corrected chi connectivity index (χ4v) is 4.15. The SMILES string of the molecule is CN1CC(=O)N(c2cccnc2)C[C@]12CCN(S(C)(=O)=O)C2. The fraction of sp³-hybridized carbons (Fsp3) is 0.571. The second kappa shape index (κ2) is 5.29. The monoisotopic (exact) mass is 324 g/mol. The second-order valence-electron chi connectivity index (χ2n) is 6.12. The van der Waals surface area contributed by atoms with Gasteiger partial charge < -0.3 is 4.90 Å². The number of piperazine rings is 1. The van der Waals surface area contributed by atoms with E-state index >= 15 is 0 Å². The molecule has 3 rings (SSSR count). The van der Waals surface area contributed by atoms with Gasteiger partial charge in [0, 0.05) is 25.8 Å². The maximum atomic E-state index is 12.3. The van der Waals surface area contributed by atoms with Crippen LogP contribution >= 0.6 is 0 Å². The quantitative estimate of drug-likeness (QED) is 0.751. The van der Waals surface area contributed by atoms with Crippen molar-refractivity contribution in [3.8, 4) is 0 Å². The number of hydrogen-bond donors (Lipinski definition) is 0. The minimum atomic E-state index is -3.21. The molecule has 1 aromatic rings. The molecule has 3 heterocycles. The number of hydrogen-bond acceptors (Lipinski definition) is 5. The standard InChI is InChI=1S/C14H20N4O3S/c1-16-9-13(19)18(12-4-3-6-15-8-12)11-14(16)5-7-17(10-14)22(2,20)21/h3-4,6,8H,5,7,9-11H2,1-2H3/t14-/m1/s1. The first kappa shape index (κ1) is 15.4. The normalized spacial score (nSPS) is 27.7. The van der Waals surface area contributed by atoms with E-state index in [0.717, 1.165) is 12.1 Å². The molecule has 120 valence electrons. The zero-order chi connectivity index (χ0) is 16.0. The third kappa shape index (κ3) is 2.62. The van der Waals surface area contributed by atoms with Gasteiger partial charge in [0.05, 0.1) is 30.2 Å². The van der Waals surface area contributed by atoms with E-state index in [4.69, 9.17) is 0 Å². The van der Waals surface area contributed by atoms with E-state index in [0.29, 0.717) is 19.6 Å². The van der Waals surface area contributed by atoms with Crippen LogP contribution in [0.15, 0.2) is 24.5 Å². The highest BCUT2D eigenvalue weighted by Crippen LogP contribution is 2.33. The molecule has 1 aromatic heterocycles. The summed E-state index contributed by atoms with van der Waals surface area (Å²) in [5.74, 6) is 0.0129. The van der Waals surface area contributed by atoms with Crippen molar-refractivity contribution >= 4 is 21.6 Å². The van der Waals surface area contributed by atoms with Crippen LogP contribution in [0.1, 0.15) is 6.42 Å². The van der Waals surface area contributed by atoms with E-state index in [-0.39, 0.29) is 18.0 Å². The van der Waals surface area contributed by atoms with Gasteiger partial charge in [0.15, 0.2) is 0 Å². The maximum Gasteiger partial charge on any atom is 0.241 e. The number of carbonyl (C=O) groups is 1. The van der Waals surface area contributed by atoms with E-state index in [1.54, 1.807) is 23.4 Å². The number of rotatable bonds is 2. The molecule has 0 N–H and O–H groups in total. The van der Waals surface area contributed by atoms with Crippen LogP contribution in [0.5, 0.6) is 0 Å². The number of carbonyl (C=O) groups excluding carboxylic acids is 1. The van der Waals surface area contributed by atoms with Gasteiger partial charge in [0.1, 0.15) is 0 Å². The molecule has 7 nitrogen and oxygen atoms in total. The first-order chi connectivity index (χ1) is 10.3. The zero-order valence-electron chi connectivity index (χ0n) is 12.8. The summed E-state index contributed by atoms with van der Waals surface area (Å²) in [7, 11) is -1.31. The highest BCUT2D eigenvalue weighted by atomic mass is 32.2. The number of nitrogens with zero attached hydrogens (tertiary/aromatic N) is 4. The van der Waals surface area contributed by atoms with Crippen molar-refractivity contribution in [2.24, 2.45) is 0 Å². The predicted molar refractivity (Wildman–Crippen MR) is 83.0 cm³/mol. The van der Waals surface area contributed by atoms with Crippen molar-refractivity contribution < 1.29 is 13.2 Å². The minimum Gasteiger partial charge on any atom is -0.308 e. The highest BCUT2D eigenvalue weighted by Gasteiger charge is 2.49. The van der Waals surface area contributed by atoms with Gasteiger partial charge >= 0.3 is 0 Å². The van der Waals surface area contributed by atoms with Crippen LogP contribution in [0.3, 0.4) is 0 Å². The summed E-state index contributed by atoms with van der Waals surface area (Å²) in [6.07, 6.45) is 5.29. The number of anilines is 1. The van der Waals surface area contributed by atoms with Gasteiger partial charge in [-0.25, -0.2) is 12.7 Å². The Morgan fingerprint density at radius 1 is 1.32 bits per heavy atom. The van der Waals surface area contributed by atoms with Crippen LogP contribution in [0.4, 0.5) is 5.69 Å². The lowest BCUT2D eigenvalue weighted by atomic mass is 9.93. The lowest BCUT2D eigenvalue weighted by Crippen LogP contribution is -2.64. The second-order valence-corrected chi connectivity index (χ2v) is 8.10. The average Bonchev–Trinajstić information content (AvgIpc) is 2.90. The van der Waals surface area contributed by atoms with Gasteiger partial charge in [0.2, 0.25) is 15.9 Å². The van der Waals surface area contributed by atoms with E-state index < -0.39 is 10.0 Å². The number of likely N-dealkylation sites (N-methyl/N-ethyl adjacent to an activating group) is 1. The molecule has 0 radical (unpaired) electrons. The Labute approximate surface area is 130 Å². The Balaban J connectivity index is 1.88. The molecule has 0 bridgehead atoms. The van der Waals surface area contributed by atoms with Crippen LogP contribution in [-0.2, 0) is 14.8 Å². The molecule has 1 spiro atoms. The third-order valence-electron chi connectivity index (χ3n) is 4.66. The summed E-state index contributed by atoms with van der Waals surface area (Å²) in [6.45, 7) is 1.69. The highest BCUT2D eigenvalue weighted by molar-refractivity contribution is 7.88. The Hall–Kier alpha value is -1.51. The lowest BCUT2D eigenvalue weighted by molar-refractivity contribution is -0.123. The first-order valence-corrected chi connectivity index (χ1v) is 9.03. The zero-order valence-corrected chi connectivity index (χ0v) is 13.6. The molecule has 2 fully saturated rings. The lowest BCUT2D eigenvalue weighted by Gasteiger charge is -2.46. The van der Waals surface area contributed by atoms with Crippen molar-refractivity contribution in [3.63, 3.8) is 0 Å². The number of amides is 1. The van der Waals surface area contributed by atoms with Crippen LogP contribution in [0, 0.1) is 0 Å². The van der Waals surface area contributed by atoms with Crippen molar-refractivity contribution in [3.05, 3.63) is 24.5 Å². The Bertz CT molecular complexity index is 679.